The molecule has 4 heterocycles. The molecule has 1 amide bonds. The van der Waals surface area contributed by atoms with Crippen LogP contribution in [0.2, 0.25) is 0 Å². The lowest BCUT2D eigenvalue weighted by Crippen LogP contribution is -2.13. The van der Waals surface area contributed by atoms with Crippen LogP contribution in [0.4, 0.5) is 17.3 Å². The van der Waals surface area contributed by atoms with Crippen LogP contribution in [0, 0.1) is 0 Å². The van der Waals surface area contributed by atoms with Gasteiger partial charge in [0.05, 0.1) is 17.9 Å². The fraction of sp³-hybridized carbons (Fsp3) is 0. The topological polar surface area (TPSA) is 150 Å². The lowest BCUT2D eigenvalue weighted by molar-refractivity contribution is 0.102. The van der Waals surface area contributed by atoms with Gasteiger partial charge < -0.3 is 15.6 Å². The molecule has 0 atom stereocenters. The number of anilines is 3. The summed E-state index contributed by atoms with van der Waals surface area (Å²) >= 11 is 0. The molecule has 0 saturated carbocycles. The van der Waals surface area contributed by atoms with Crippen LogP contribution in [0.15, 0.2) is 73.4 Å². The summed E-state index contributed by atoms with van der Waals surface area (Å²) in [4.78, 5) is 28.7. The normalized spacial score (nSPS) is 11.1. The zero-order chi connectivity index (χ0) is 22.9. The lowest BCUT2D eigenvalue weighted by Gasteiger charge is -2.07. The van der Waals surface area contributed by atoms with Crippen molar-refractivity contribution in [3.8, 4) is 11.4 Å². The lowest BCUT2D eigenvalue weighted by atomic mass is 10.1. The van der Waals surface area contributed by atoms with E-state index < -0.39 is 0 Å². The summed E-state index contributed by atoms with van der Waals surface area (Å²) in [6, 6.07) is 15.2. The molecule has 34 heavy (non-hydrogen) atoms. The van der Waals surface area contributed by atoms with Crippen molar-refractivity contribution in [1.82, 2.24) is 40.3 Å². The first-order chi connectivity index (χ1) is 16.7. The van der Waals surface area contributed by atoms with Gasteiger partial charge >= 0.3 is 0 Å². The van der Waals surface area contributed by atoms with Gasteiger partial charge in [-0.1, -0.05) is 12.1 Å². The van der Waals surface area contributed by atoms with Crippen molar-refractivity contribution >= 4 is 45.0 Å². The Hall–Kier alpha value is -5.19. The Morgan fingerprint density at radius 3 is 2.74 bits per heavy atom. The molecule has 0 aliphatic rings. The molecule has 6 aromatic rings. The molecule has 0 unspecified atom stereocenters. The van der Waals surface area contributed by atoms with E-state index in [1.807, 2.05) is 36.4 Å². The summed E-state index contributed by atoms with van der Waals surface area (Å²) in [6.07, 6.45) is 6.13. The molecule has 0 fully saturated rings. The maximum absolute atomic E-state index is 12.6. The van der Waals surface area contributed by atoms with Crippen molar-refractivity contribution < 1.29 is 4.79 Å². The van der Waals surface area contributed by atoms with Gasteiger partial charge in [-0.15, -0.1) is 5.10 Å². The van der Waals surface area contributed by atoms with Gasteiger partial charge in [0.15, 0.2) is 11.6 Å². The van der Waals surface area contributed by atoms with E-state index in [1.54, 1.807) is 24.5 Å². The Morgan fingerprint density at radius 1 is 0.853 bits per heavy atom. The average Bonchev–Trinajstić information content (AvgIpc) is 3.51. The smallest absolute Gasteiger partial charge is 0.273 e. The molecule has 2 aromatic carbocycles. The Kier molecular flexibility index (Phi) is 4.62. The minimum Gasteiger partial charge on any atom is -0.350 e. The van der Waals surface area contributed by atoms with Crippen molar-refractivity contribution in [2.45, 2.75) is 0 Å². The molecule has 4 N–H and O–H groups in total. The second-order valence-electron chi connectivity index (χ2n) is 7.49. The van der Waals surface area contributed by atoms with Crippen LogP contribution in [-0.4, -0.2) is 46.2 Å². The molecule has 0 saturated heterocycles. The zero-order valence-electron chi connectivity index (χ0n) is 17.5. The van der Waals surface area contributed by atoms with Crippen LogP contribution < -0.4 is 10.6 Å². The maximum atomic E-state index is 12.6. The van der Waals surface area contributed by atoms with Gasteiger partial charge in [0, 0.05) is 33.7 Å². The van der Waals surface area contributed by atoms with E-state index in [0.717, 1.165) is 33.1 Å². The summed E-state index contributed by atoms with van der Waals surface area (Å²) in [5.41, 5.74) is 3.87. The van der Waals surface area contributed by atoms with Crippen LogP contribution in [0.1, 0.15) is 10.5 Å². The number of carbonyl (C=O) groups is 1. The van der Waals surface area contributed by atoms with Crippen LogP contribution in [0.5, 0.6) is 0 Å². The van der Waals surface area contributed by atoms with Crippen molar-refractivity contribution in [3.63, 3.8) is 0 Å². The first-order valence-electron chi connectivity index (χ1n) is 10.3. The van der Waals surface area contributed by atoms with Crippen molar-refractivity contribution in [2.24, 2.45) is 0 Å². The number of fused-ring (bicyclic) bond motifs is 2. The predicted octanol–water partition coefficient (Wildman–Crippen LogP) is 3.68. The van der Waals surface area contributed by atoms with E-state index in [4.69, 9.17) is 0 Å². The zero-order valence-corrected chi connectivity index (χ0v) is 17.5. The molecule has 0 spiro atoms. The van der Waals surface area contributed by atoms with Crippen LogP contribution in [0.25, 0.3) is 33.2 Å². The van der Waals surface area contributed by atoms with E-state index in [-0.39, 0.29) is 5.91 Å². The summed E-state index contributed by atoms with van der Waals surface area (Å²) in [5.74, 6) is 1.22. The van der Waals surface area contributed by atoms with Crippen molar-refractivity contribution in [1.29, 1.82) is 0 Å². The highest BCUT2D eigenvalue weighted by Crippen LogP contribution is 2.25. The molecule has 0 bridgehead atoms. The van der Waals surface area contributed by atoms with Gasteiger partial charge in [-0.2, -0.15) is 10.2 Å². The number of amides is 1. The number of H-pyrrole nitrogens is 2. The quantitative estimate of drug-likeness (QED) is 0.312. The number of nitrogens with zero attached hydrogens (tertiary/aromatic N) is 6. The molecule has 4 aromatic heterocycles. The van der Waals surface area contributed by atoms with E-state index in [1.165, 1.54) is 12.5 Å². The minimum atomic E-state index is -0.324. The second-order valence-corrected chi connectivity index (χ2v) is 7.49. The van der Waals surface area contributed by atoms with E-state index in [0.29, 0.717) is 23.2 Å². The molecular formula is C23H16N10O. The summed E-state index contributed by atoms with van der Waals surface area (Å²) in [5, 5.41) is 22.2. The highest BCUT2D eigenvalue weighted by atomic mass is 16.1. The van der Waals surface area contributed by atoms with Crippen molar-refractivity contribution in [3.05, 3.63) is 79.1 Å². The van der Waals surface area contributed by atoms with Gasteiger partial charge in [0.2, 0.25) is 0 Å². The van der Waals surface area contributed by atoms with Crippen LogP contribution in [0.3, 0.4) is 0 Å². The first kappa shape index (κ1) is 19.5. The standard InChI is InChI=1S/C23H16N10O/c34-23(32-21-11-26-28-12-25-21)19-8-13-1-2-14(9-18(13)30-19)22-24-6-5-20(31-22)29-16-3-4-17-15(7-16)10-27-33-17/h1-12,30H,(H,27,33)(H,24,29,31)(H,25,28,32,34). The fourth-order valence-electron chi connectivity index (χ4n) is 3.61. The van der Waals surface area contributed by atoms with Crippen LogP contribution >= 0.6 is 0 Å². The predicted molar refractivity (Wildman–Crippen MR) is 126 cm³/mol. The highest BCUT2D eigenvalue weighted by Gasteiger charge is 2.12. The molecule has 0 aliphatic carbocycles. The number of aromatic nitrogens is 8. The van der Waals surface area contributed by atoms with Gasteiger partial charge in [0.1, 0.15) is 17.8 Å². The van der Waals surface area contributed by atoms with E-state index in [2.05, 4.69) is 51.0 Å². The summed E-state index contributed by atoms with van der Waals surface area (Å²) in [6.45, 7) is 0. The molecule has 11 heteroatoms. The third kappa shape index (κ3) is 3.77. The summed E-state index contributed by atoms with van der Waals surface area (Å²) in [7, 11) is 0. The van der Waals surface area contributed by atoms with Gasteiger partial charge in [-0.3, -0.25) is 9.89 Å². The van der Waals surface area contributed by atoms with Crippen molar-refractivity contribution in [2.75, 3.05) is 10.6 Å². The van der Waals surface area contributed by atoms with E-state index in [9.17, 15) is 4.79 Å². The number of nitrogens with one attached hydrogen (secondary N) is 4. The molecule has 164 valence electrons. The number of aromatic amines is 2. The van der Waals surface area contributed by atoms with Gasteiger partial charge in [-0.25, -0.2) is 15.0 Å². The highest BCUT2D eigenvalue weighted by molar-refractivity contribution is 6.05. The maximum Gasteiger partial charge on any atom is 0.273 e. The Morgan fingerprint density at radius 2 is 1.82 bits per heavy atom. The van der Waals surface area contributed by atoms with Gasteiger partial charge in [0.25, 0.3) is 5.91 Å². The minimum absolute atomic E-state index is 0.323. The largest absolute Gasteiger partial charge is 0.350 e. The molecule has 11 nitrogen and oxygen atoms in total. The molecular weight excluding hydrogens is 432 g/mol. The number of rotatable bonds is 5. The van der Waals surface area contributed by atoms with E-state index >= 15 is 0 Å². The number of hydrogen-bond acceptors (Lipinski definition) is 8. The third-order valence-corrected chi connectivity index (χ3v) is 5.23. The molecule has 0 aliphatic heterocycles. The first-order valence-corrected chi connectivity index (χ1v) is 10.3. The number of hydrogen-bond donors (Lipinski definition) is 4. The van der Waals surface area contributed by atoms with Crippen LogP contribution in [-0.2, 0) is 0 Å². The fourth-order valence-corrected chi connectivity index (χ4v) is 3.61. The average molecular weight is 448 g/mol. The molecule has 6 rings (SSSR count). The van der Waals surface area contributed by atoms with Gasteiger partial charge in [-0.05, 0) is 36.4 Å². The Bertz CT molecular complexity index is 1640. The summed E-state index contributed by atoms with van der Waals surface area (Å²) < 4.78 is 0. The number of benzene rings is 2. The SMILES string of the molecule is O=C(Nc1cnncn1)c1cc2ccc(-c3nccc(Nc4ccc5[nH]ncc5c4)n3)cc2[nH]1. The Labute approximate surface area is 191 Å². The monoisotopic (exact) mass is 448 g/mol. The third-order valence-electron chi connectivity index (χ3n) is 5.23. The molecule has 0 radical (unpaired) electrons. The second kappa shape index (κ2) is 8.06. The Balaban J connectivity index is 1.25. The number of carbonyl (C=O) groups excluding carboxylic acids is 1.